The summed E-state index contributed by atoms with van der Waals surface area (Å²) in [6.45, 7) is 0. The van der Waals surface area contributed by atoms with E-state index in [-0.39, 0.29) is 16.1 Å². The van der Waals surface area contributed by atoms with E-state index in [1.807, 2.05) is 42.5 Å². The lowest BCUT2D eigenvalue weighted by molar-refractivity contribution is 0.100. The van der Waals surface area contributed by atoms with Gasteiger partial charge in [-0.25, -0.2) is 13.6 Å². The molecule has 6 nitrogen and oxygen atoms in total. The molecule has 0 aliphatic heterocycles. The van der Waals surface area contributed by atoms with Crippen LogP contribution in [0.1, 0.15) is 21.5 Å². The van der Waals surface area contributed by atoms with Crippen molar-refractivity contribution in [3.8, 4) is 11.1 Å². The molecule has 3 rings (SSSR count). The number of hydrogen-bond acceptors (Lipinski definition) is 4. The van der Waals surface area contributed by atoms with E-state index in [9.17, 15) is 13.2 Å². The van der Waals surface area contributed by atoms with Crippen molar-refractivity contribution in [2.45, 2.75) is 4.90 Å². The second-order valence-electron chi connectivity index (χ2n) is 6.35. The quantitative estimate of drug-likeness (QED) is 0.387. The molecule has 0 fully saturated rings. The third kappa shape index (κ3) is 4.92. The second-order valence-corrected chi connectivity index (χ2v) is 8.83. The van der Waals surface area contributed by atoms with E-state index in [4.69, 9.17) is 16.6 Å². The molecule has 8 heteroatoms. The van der Waals surface area contributed by atoms with Gasteiger partial charge in [0.15, 0.2) is 0 Å². The standard InChI is InChI=1S/C21H18BrN3O3S/c22-16-3-1-2-13(10-16)4-5-14-11-18(20(23)19(12-14)21(24)26)15-6-8-17(9-7-15)29(25,27)28/h1-12H,23H2,(H2,24,26)(H2,25,27,28)/b5-4+. The lowest BCUT2D eigenvalue weighted by atomic mass is 9.96. The summed E-state index contributed by atoms with van der Waals surface area (Å²) in [5, 5.41) is 5.14. The Kier molecular flexibility index (Phi) is 5.88. The molecule has 0 saturated carbocycles. The molecular weight excluding hydrogens is 454 g/mol. The summed E-state index contributed by atoms with van der Waals surface area (Å²) in [6, 6.07) is 17.1. The van der Waals surface area contributed by atoms with Crippen LogP contribution in [0.3, 0.4) is 0 Å². The molecule has 0 spiro atoms. The summed E-state index contributed by atoms with van der Waals surface area (Å²) in [4.78, 5) is 11.9. The van der Waals surface area contributed by atoms with Crippen molar-refractivity contribution in [1.29, 1.82) is 0 Å². The van der Waals surface area contributed by atoms with Crippen molar-refractivity contribution >= 4 is 49.7 Å². The number of carbonyl (C=O) groups is 1. The summed E-state index contributed by atoms with van der Waals surface area (Å²) in [5.41, 5.74) is 15.0. The third-order valence-electron chi connectivity index (χ3n) is 4.28. The van der Waals surface area contributed by atoms with Crippen LogP contribution in [0.2, 0.25) is 0 Å². The molecule has 29 heavy (non-hydrogen) atoms. The Morgan fingerprint density at radius 1 is 0.931 bits per heavy atom. The minimum atomic E-state index is -3.80. The molecule has 0 heterocycles. The van der Waals surface area contributed by atoms with Gasteiger partial charge in [0.1, 0.15) is 0 Å². The van der Waals surface area contributed by atoms with Crippen molar-refractivity contribution in [1.82, 2.24) is 0 Å². The van der Waals surface area contributed by atoms with E-state index < -0.39 is 15.9 Å². The first-order valence-electron chi connectivity index (χ1n) is 8.45. The highest BCUT2D eigenvalue weighted by molar-refractivity contribution is 9.10. The van der Waals surface area contributed by atoms with Crippen molar-refractivity contribution in [2.75, 3.05) is 5.73 Å². The predicted molar refractivity (Wildman–Crippen MR) is 119 cm³/mol. The number of primary sulfonamides is 1. The van der Waals surface area contributed by atoms with Gasteiger partial charge in [0.05, 0.1) is 16.1 Å². The zero-order valence-corrected chi connectivity index (χ0v) is 17.6. The molecule has 0 aliphatic carbocycles. The normalized spacial score (nSPS) is 11.7. The number of amides is 1. The summed E-state index contributed by atoms with van der Waals surface area (Å²) in [7, 11) is -3.80. The van der Waals surface area contributed by atoms with Crippen molar-refractivity contribution < 1.29 is 13.2 Å². The first kappa shape index (κ1) is 20.8. The number of benzene rings is 3. The summed E-state index contributed by atoms with van der Waals surface area (Å²) >= 11 is 3.43. The largest absolute Gasteiger partial charge is 0.398 e. The first-order chi connectivity index (χ1) is 13.6. The number of primary amides is 1. The molecule has 0 radical (unpaired) electrons. The van der Waals surface area contributed by atoms with Crippen LogP contribution in [0.5, 0.6) is 0 Å². The number of rotatable bonds is 5. The highest BCUT2D eigenvalue weighted by atomic mass is 79.9. The number of nitrogens with two attached hydrogens (primary N) is 3. The summed E-state index contributed by atoms with van der Waals surface area (Å²) in [6.07, 6.45) is 3.74. The molecule has 3 aromatic carbocycles. The van der Waals surface area contributed by atoms with Crippen LogP contribution in [0.15, 0.2) is 70.0 Å². The molecule has 0 unspecified atom stereocenters. The summed E-state index contributed by atoms with van der Waals surface area (Å²) < 4.78 is 23.9. The highest BCUT2D eigenvalue weighted by Crippen LogP contribution is 2.31. The molecule has 0 atom stereocenters. The van der Waals surface area contributed by atoms with Crippen molar-refractivity contribution in [3.05, 3.63) is 81.8 Å². The van der Waals surface area contributed by atoms with Crippen molar-refractivity contribution in [3.63, 3.8) is 0 Å². The van der Waals surface area contributed by atoms with Crippen LogP contribution in [0.4, 0.5) is 5.69 Å². The Hall–Kier alpha value is -2.94. The van der Waals surface area contributed by atoms with Gasteiger partial charge < -0.3 is 11.5 Å². The fourth-order valence-corrected chi connectivity index (χ4v) is 3.77. The Morgan fingerprint density at radius 2 is 1.59 bits per heavy atom. The smallest absolute Gasteiger partial charge is 0.250 e. The average Bonchev–Trinajstić information content (AvgIpc) is 2.66. The van der Waals surface area contributed by atoms with E-state index >= 15 is 0 Å². The molecule has 148 valence electrons. The zero-order valence-electron chi connectivity index (χ0n) is 15.2. The summed E-state index contributed by atoms with van der Waals surface area (Å²) in [5.74, 6) is -0.650. The molecular formula is C21H18BrN3O3S. The van der Waals surface area contributed by atoms with E-state index in [1.54, 1.807) is 18.2 Å². The van der Waals surface area contributed by atoms with Gasteiger partial charge in [-0.15, -0.1) is 0 Å². The van der Waals surface area contributed by atoms with Gasteiger partial charge in [-0.3, -0.25) is 4.79 Å². The van der Waals surface area contributed by atoms with Gasteiger partial charge in [0.25, 0.3) is 5.91 Å². The fourth-order valence-electron chi connectivity index (χ4n) is 2.84. The van der Waals surface area contributed by atoms with Gasteiger partial charge >= 0.3 is 0 Å². The van der Waals surface area contributed by atoms with Crippen LogP contribution in [0.25, 0.3) is 23.3 Å². The van der Waals surface area contributed by atoms with Crippen LogP contribution in [-0.4, -0.2) is 14.3 Å². The van der Waals surface area contributed by atoms with Crippen LogP contribution >= 0.6 is 15.9 Å². The van der Waals surface area contributed by atoms with Crippen molar-refractivity contribution in [2.24, 2.45) is 10.9 Å². The predicted octanol–water partition coefficient (Wildman–Crippen LogP) is 3.62. The number of anilines is 1. The second kappa shape index (κ2) is 8.20. The number of sulfonamides is 1. The SMILES string of the molecule is NC(=O)c1cc(/C=C/c2cccc(Br)c2)cc(-c2ccc(S(N)(=O)=O)cc2)c1N. The van der Waals surface area contributed by atoms with Gasteiger partial charge in [-0.1, -0.05) is 52.3 Å². The highest BCUT2D eigenvalue weighted by Gasteiger charge is 2.14. The maximum absolute atomic E-state index is 11.9. The maximum atomic E-state index is 11.9. The Labute approximate surface area is 177 Å². The first-order valence-corrected chi connectivity index (χ1v) is 10.8. The average molecular weight is 472 g/mol. The van der Waals surface area contributed by atoms with E-state index in [0.29, 0.717) is 11.1 Å². The molecule has 0 bridgehead atoms. The monoisotopic (exact) mass is 471 g/mol. The Bertz CT molecular complexity index is 1220. The molecule has 0 saturated heterocycles. The zero-order chi connectivity index (χ0) is 21.2. The number of carbonyl (C=O) groups excluding carboxylic acids is 1. The maximum Gasteiger partial charge on any atom is 0.250 e. The fraction of sp³-hybridized carbons (Fsp3) is 0. The third-order valence-corrected chi connectivity index (χ3v) is 5.70. The van der Waals surface area contributed by atoms with Gasteiger partial charge in [0.2, 0.25) is 10.0 Å². The molecule has 6 N–H and O–H groups in total. The van der Waals surface area contributed by atoms with E-state index in [1.165, 1.54) is 12.1 Å². The lowest BCUT2D eigenvalue weighted by Crippen LogP contribution is -2.14. The van der Waals surface area contributed by atoms with E-state index in [0.717, 1.165) is 15.6 Å². The van der Waals surface area contributed by atoms with Gasteiger partial charge in [-0.2, -0.15) is 0 Å². The molecule has 1 amide bonds. The molecule has 0 aromatic heterocycles. The molecule has 3 aromatic rings. The minimum absolute atomic E-state index is 0.0133. The number of hydrogen-bond donors (Lipinski definition) is 3. The number of nitrogen functional groups attached to an aromatic ring is 1. The van der Waals surface area contributed by atoms with Gasteiger partial charge in [-0.05, 0) is 53.1 Å². The Balaban J connectivity index is 2.08. The van der Waals surface area contributed by atoms with E-state index in [2.05, 4.69) is 15.9 Å². The van der Waals surface area contributed by atoms with Gasteiger partial charge in [0, 0.05) is 10.0 Å². The number of halogens is 1. The van der Waals surface area contributed by atoms with Crippen LogP contribution in [0, 0.1) is 0 Å². The van der Waals surface area contributed by atoms with Crippen LogP contribution in [-0.2, 0) is 10.0 Å². The minimum Gasteiger partial charge on any atom is -0.398 e. The topological polar surface area (TPSA) is 129 Å². The lowest BCUT2D eigenvalue weighted by Gasteiger charge is -2.12. The Morgan fingerprint density at radius 3 is 2.17 bits per heavy atom. The molecule has 0 aliphatic rings. The van der Waals surface area contributed by atoms with Crippen LogP contribution < -0.4 is 16.6 Å².